The first-order chi connectivity index (χ1) is 7.39. The van der Waals surface area contributed by atoms with Gasteiger partial charge in [-0.2, -0.15) is 0 Å². The third kappa shape index (κ3) is 2.64. The highest BCUT2D eigenvalue weighted by atomic mass is 16.4. The normalized spacial score (nSPS) is 29.4. The predicted octanol–water partition coefficient (Wildman–Crippen LogP) is 2.45. The first kappa shape index (κ1) is 13.2. The molecule has 2 unspecified atom stereocenters. The van der Waals surface area contributed by atoms with Crippen LogP contribution in [0.3, 0.4) is 0 Å². The maximum atomic E-state index is 9.00. The fourth-order valence-electron chi connectivity index (χ4n) is 2.89. The van der Waals surface area contributed by atoms with E-state index in [4.69, 9.17) is 15.0 Å². The van der Waals surface area contributed by atoms with Crippen molar-refractivity contribution in [3.05, 3.63) is 11.6 Å². The molecule has 0 spiro atoms. The van der Waals surface area contributed by atoms with Crippen LogP contribution in [0.5, 0.6) is 0 Å². The van der Waals surface area contributed by atoms with Crippen molar-refractivity contribution in [3.8, 4) is 0 Å². The summed E-state index contributed by atoms with van der Waals surface area (Å²) in [7, 11) is 0. The molecule has 2 N–H and O–H groups in total. The maximum absolute atomic E-state index is 9.00. The monoisotopic (exact) mass is 226 g/mol. The number of hydrogen-bond donors (Lipinski definition) is 2. The molecule has 16 heavy (non-hydrogen) atoms. The Bertz CT molecular complexity index is 288. The summed E-state index contributed by atoms with van der Waals surface area (Å²) >= 11 is 0. The second-order valence-electron chi connectivity index (χ2n) is 5.31. The molecule has 0 heterocycles. The molecular weight excluding hydrogens is 204 g/mol. The van der Waals surface area contributed by atoms with Gasteiger partial charge in [0.1, 0.15) is 0 Å². The van der Waals surface area contributed by atoms with Crippen LogP contribution in [0.2, 0.25) is 0 Å². The van der Waals surface area contributed by atoms with Gasteiger partial charge in [-0.3, -0.25) is 4.79 Å². The SMILES string of the molecule is CC(=O)O.CC1(C)C2CC=C(CCO)C1C2. The van der Waals surface area contributed by atoms with Gasteiger partial charge in [0, 0.05) is 13.5 Å². The lowest BCUT2D eigenvalue weighted by atomic mass is 9.48. The average Bonchev–Trinajstić information content (AvgIpc) is 2.17. The minimum absolute atomic E-state index is 0.322. The molecule has 3 aliphatic carbocycles. The van der Waals surface area contributed by atoms with Crippen LogP contribution in [-0.2, 0) is 4.79 Å². The number of allylic oxidation sites excluding steroid dienone is 1. The Kier molecular flexibility index (Phi) is 4.14. The molecule has 0 aromatic rings. The van der Waals surface area contributed by atoms with E-state index < -0.39 is 5.97 Å². The summed E-state index contributed by atoms with van der Waals surface area (Å²) in [5, 5.41) is 16.3. The lowest BCUT2D eigenvalue weighted by Crippen LogP contribution is -2.48. The average molecular weight is 226 g/mol. The van der Waals surface area contributed by atoms with Gasteiger partial charge in [-0.05, 0) is 36.5 Å². The Hall–Kier alpha value is -0.830. The van der Waals surface area contributed by atoms with Crippen molar-refractivity contribution in [2.75, 3.05) is 6.61 Å². The van der Waals surface area contributed by atoms with E-state index in [0.717, 1.165) is 25.2 Å². The number of carboxylic acids is 1. The molecule has 3 rings (SSSR count). The molecule has 92 valence electrons. The number of hydrogen-bond acceptors (Lipinski definition) is 2. The Morgan fingerprint density at radius 2 is 2.12 bits per heavy atom. The van der Waals surface area contributed by atoms with Gasteiger partial charge in [-0.15, -0.1) is 0 Å². The van der Waals surface area contributed by atoms with E-state index in [9.17, 15) is 0 Å². The first-order valence-corrected chi connectivity index (χ1v) is 5.89. The zero-order valence-corrected chi connectivity index (χ0v) is 10.4. The number of carbonyl (C=O) groups is 1. The molecule has 2 atom stereocenters. The minimum atomic E-state index is -0.833. The third-order valence-corrected chi connectivity index (χ3v) is 3.98. The van der Waals surface area contributed by atoms with E-state index in [0.29, 0.717) is 12.0 Å². The Balaban J connectivity index is 0.000000280. The molecule has 0 aliphatic heterocycles. The molecule has 0 amide bonds. The fraction of sp³-hybridized carbons (Fsp3) is 0.769. The van der Waals surface area contributed by atoms with Crippen LogP contribution in [0.15, 0.2) is 11.6 Å². The van der Waals surface area contributed by atoms with Crippen LogP contribution >= 0.6 is 0 Å². The second kappa shape index (κ2) is 5.00. The highest BCUT2D eigenvalue weighted by Crippen LogP contribution is 2.59. The maximum Gasteiger partial charge on any atom is 0.300 e. The van der Waals surface area contributed by atoms with Crippen LogP contribution < -0.4 is 0 Å². The summed E-state index contributed by atoms with van der Waals surface area (Å²) in [4.78, 5) is 9.00. The van der Waals surface area contributed by atoms with E-state index in [1.54, 1.807) is 0 Å². The number of aliphatic hydroxyl groups excluding tert-OH is 1. The molecule has 0 radical (unpaired) electrons. The molecule has 0 saturated heterocycles. The molecule has 0 aromatic heterocycles. The molecule has 0 aromatic carbocycles. The van der Waals surface area contributed by atoms with Crippen molar-refractivity contribution in [2.24, 2.45) is 17.3 Å². The Labute approximate surface area is 97.2 Å². The highest BCUT2D eigenvalue weighted by Gasteiger charge is 2.50. The van der Waals surface area contributed by atoms with Gasteiger partial charge in [-0.25, -0.2) is 0 Å². The standard InChI is InChI=1S/C11H18O.C2H4O2/c1-11(2)9-4-3-8(5-6-12)10(11)7-9;1-2(3)4/h3,9-10,12H,4-7H2,1-2H3;1H3,(H,3,4). The smallest absolute Gasteiger partial charge is 0.300 e. The van der Waals surface area contributed by atoms with Crippen molar-refractivity contribution in [3.63, 3.8) is 0 Å². The predicted molar refractivity (Wildman–Crippen MR) is 63.1 cm³/mol. The largest absolute Gasteiger partial charge is 0.481 e. The third-order valence-electron chi connectivity index (χ3n) is 3.98. The lowest BCUT2D eigenvalue weighted by Gasteiger charge is -2.56. The number of rotatable bonds is 2. The number of fused-ring (bicyclic) bond motifs is 1. The quantitative estimate of drug-likeness (QED) is 0.711. The van der Waals surface area contributed by atoms with Crippen molar-refractivity contribution in [2.45, 2.75) is 40.0 Å². The summed E-state index contributed by atoms with van der Waals surface area (Å²) in [5.41, 5.74) is 2.05. The van der Waals surface area contributed by atoms with E-state index in [1.165, 1.54) is 18.4 Å². The summed E-state index contributed by atoms with van der Waals surface area (Å²) < 4.78 is 0. The number of aliphatic hydroxyl groups is 1. The van der Waals surface area contributed by atoms with E-state index >= 15 is 0 Å². The molecule has 1 saturated carbocycles. The topological polar surface area (TPSA) is 57.5 Å². The van der Waals surface area contributed by atoms with Crippen molar-refractivity contribution >= 4 is 5.97 Å². The van der Waals surface area contributed by atoms with Crippen LogP contribution in [-0.4, -0.2) is 22.8 Å². The van der Waals surface area contributed by atoms with Gasteiger partial charge in [0.2, 0.25) is 0 Å². The second-order valence-corrected chi connectivity index (χ2v) is 5.31. The van der Waals surface area contributed by atoms with Crippen molar-refractivity contribution in [1.82, 2.24) is 0 Å². The number of aliphatic carboxylic acids is 1. The molecular formula is C13H22O3. The van der Waals surface area contributed by atoms with Gasteiger partial charge in [0.25, 0.3) is 5.97 Å². The summed E-state index contributed by atoms with van der Waals surface area (Å²) in [6, 6.07) is 0. The lowest BCUT2D eigenvalue weighted by molar-refractivity contribution is -0.134. The fourth-order valence-corrected chi connectivity index (χ4v) is 2.89. The van der Waals surface area contributed by atoms with Gasteiger partial charge in [0.05, 0.1) is 0 Å². The van der Waals surface area contributed by atoms with Crippen LogP contribution in [0.4, 0.5) is 0 Å². The summed E-state index contributed by atoms with van der Waals surface area (Å²) in [6.07, 6.45) is 5.89. The van der Waals surface area contributed by atoms with Gasteiger partial charge < -0.3 is 10.2 Å². The summed E-state index contributed by atoms with van der Waals surface area (Å²) in [5.74, 6) is 0.869. The zero-order valence-electron chi connectivity index (χ0n) is 10.4. The van der Waals surface area contributed by atoms with Gasteiger partial charge in [-0.1, -0.05) is 25.5 Å². The van der Waals surface area contributed by atoms with Crippen molar-refractivity contribution in [1.29, 1.82) is 0 Å². The van der Waals surface area contributed by atoms with E-state index in [2.05, 4.69) is 19.9 Å². The Morgan fingerprint density at radius 1 is 1.56 bits per heavy atom. The molecule has 1 fully saturated rings. The van der Waals surface area contributed by atoms with Crippen LogP contribution in [0.1, 0.15) is 40.0 Å². The van der Waals surface area contributed by atoms with Crippen LogP contribution in [0.25, 0.3) is 0 Å². The van der Waals surface area contributed by atoms with Gasteiger partial charge >= 0.3 is 0 Å². The molecule has 3 nitrogen and oxygen atoms in total. The minimum Gasteiger partial charge on any atom is -0.481 e. The van der Waals surface area contributed by atoms with Gasteiger partial charge in [0.15, 0.2) is 0 Å². The van der Waals surface area contributed by atoms with Crippen molar-refractivity contribution < 1.29 is 15.0 Å². The molecule has 2 bridgehead atoms. The van der Waals surface area contributed by atoms with E-state index in [-0.39, 0.29) is 0 Å². The van der Waals surface area contributed by atoms with Crippen LogP contribution in [0, 0.1) is 17.3 Å². The molecule has 3 aliphatic rings. The van der Waals surface area contributed by atoms with E-state index in [1.807, 2.05) is 0 Å². The first-order valence-electron chi connectivity index (χ1n) is 5.89. The summed E-state index contributed by atoms with van der Waals surface area (Å²) in [6.45, 7) is 6.15. The zero-order chi connectivity index (χ0) is 12.3. The molecule has 3 heteroatoms. The Morgan fingerprint density at radius 3 is 2.50 bits per heavy atom. The highest BCUT2D eigenvalue weighted by molar-refractivity contribution is 5.62. The number of carboxylic acid groups (broad SMARTS) is 1.